The first-order valence-electron chi connectivity index (χ1n) is 10.4. The van der Waals surface area contributed by atoms with E-state index in [1.54, 1.807) is 17.0 Å². The van der Waals surface area contributed by atoms with Crippen LogP contribution < -0.4 is 0 Å². The largest absolute Gasteiger partial charge is 0.284 e. The van der Waals surface area contributed by atoms with E-state index < -0.39 is 4.92 Å². The molecule has 1 heterocycles. The van der Waals surface area contributed by atoms with Gasteiger partial charge in [0.05, 0.1) is 22.9 Å². The maximum absolute atomic E-state index is 13.1. The predicted octanol–water partition coefficient (Wildman–Crippen LogP) is 5.38. The molecular weight excluding hydrogens is 424 g/mol. The van der Waals surface area contributed by atoms with Crippen LogP contribution in [0.1, 0.15) is 30.9 Å². The van der Waals surface area contributed by atoms with Crippen molar-refractivity contribution < 1.29 is 9.72 Å². The van der Waals surface area contributed by atoms with Gasteiger partial charge < -0.3 is 0 Å². The molecule has 1 aliphatic rings. The summed E-state index contributed by atoms with van der Waals surface area (Å²) in [5, 5.41) is 22.0. The number of rotatable bonds is 7. The van der Waals surface area contributed by atoms with Crippen molar-refractivity contribution in [3.8, 4) is 0 Å². The quantitative estimate of drug-likeness (QED) is 0.277. The standard InChI is InChI=1S/C24H22N4O3S/c1-2-7-22-23(29)27(16-19-11-6-10-18-9-3-4-13-21(18)19)24(32-22)26-25-15-17-8-5-12-20(14-17)28(30)31/h3-6,8-15,22H,2,7,16H2,1H3/b25-15-,26-24+/t22-/m1/s1. The zero-order valence-corrected chi connectivity index (χ0v) is 18.4. The molecule has 0 aromatic heterocycles. The van der Waals surface area contributed by atoms with Gasteiger partial charge in [0.15, 0.2) is 5.17 Å². The highest BCUT2D eigenvalue weighted by atomic mass is 32.2. The van der Waals surface area contributed by atoms with Crippen molar-refractivity contribution in [2.24, 2.45) is 10.2 Å². The number of thioether (sulfide) groups is 1. The van der Waals surface area contributed by atoms with Gasteiger partial charge in [-0.15, -0.1) is 5.10 Å². The molecule has 1 aliphatic heterocycles. The summed E-state index contributed by atoms with van der Waals surface area (Å²) in [5.41, 5.74) is 1.61. The SMILES string of the molecule is CCC[C@H]1S/C(=N/N=C\c2cccc([N+](=O)[O-])c2)N(Cc2cccc3ccccc23)C1=O. The molecular formula is C24H22N4O3S. The number of nitrogens with zero attached hydrogens (tertiary/aromatic N) is 4. The zero-order valence-electron chi connectivity index (χ0n) is 17.5. The molecule has 0 aliphatic carbocycles. The molecule has 4 rings (SSSR count). The number of fused-ring (bicyclic) bond motifs is 1. The number of amides is 1. The Morgan fingerprint density at radius 1 is 1.12 bits per heavy atom. The van der Waals surface area contributed by atoms with Gasteiger partial charge in [0, 0.05) is 17.7 Å². The number of hydrogen-bond acceptors (Lipinski definition) is 6. The minimum absolute atomic E-state index is 0.00684. The first kappa shape index (κ1) is 21.7. The van der Waals surface area contributed by atoms with Gasteiger partial charge in [0.2, 0.25) is 5.91 Å². The number of amidine groups is 1. The molecule has 3 aromatic rings. The molecule has 8 heteroatoms. The Morgan fingerprint density at radius 2 is 1.91 bits per heavy atom. The summed E-state index contributed by atoms with van der Waals surface area (Å²) in [6.45, 7) is 2.47. The van der Waals surface area contributed by atoms with Crippen molar-refractivity contribution in [2.75, 3.05) is 0 Å². The van der Waals surface area contributed by atoms with Crippen molar-refractivity contribution in [3.05, 3.63) is 88.0 Å². The molecule has 3 aromatic carbocycles. The summed E-state index contributed by atoms with van der Waals surface area (Å²) in [6.07, 6.45) is 3.13. The van der Waals surface area contributed by atoms with Crippen LogP contribution in [0.2, 0.25) is 0 Å². The van der Waals surface area contributed by atoms with Crippen LogP contribution in [0.15, 0.2) is 76.9 Å². The molecule has 1 saturated heterocycles. The second-order valence-corrected chi connectivity index (χ2v) is 8.61. The zero-order chi connectivity index (χ0) is 22.5. The molecule has 0 bridgehead atoms. The highest BCUT2D eigenvalue weighted by Gasteiger charge is 2.37. The number of carbonyl (C=O) groups is 1. The van der Waals surface area contributed by atoms with Gasteiger partial charge in [-0.1, -0.05) is 79.7 Å². The minimum Gasteiger partial charge on any atom is -0.284 e. The van der Waals surface area contributed by atoms with E-state index in [2.05, 4.69) is 35.3 Å². The molecule has 1 atom stereocenters. The monoisotopic (exact) mass is 446 g/mol. The normalized spacial score (nSPS) is 17.7. The maximum atomic E-state index is 13.1. The van der Waals surface area contributed by atoms with Gasteiger partial charge in [-0.25, -0.2) is 0 Å². The third kappa shape index (κ3) is 4.70. The fourth-order valence-electron chi connectivity index (χ4n) is 3.64. The average Bonchev–Trinajstić information content (AvgIpc) is 3.09. The van der Waals surface area contributed by atoms with E-state index in [4.69, 9.17) is 0 Å². The van der Waals surface area contributed by atoms with E-state index in [1.165, 1.54) is 30.1 Å². The molecule has 0 radical (unpaired) electrons. The third-order valence-electron chi connectivity index (χ3n) is 5.21. The highest BCUT2D eigenvalue weighted by Crippen LogP contribution is 2.32. The molecule has 0 spiro atoms. The van der Waals surface area contributed by atoms with Gasteiger partial charge in [-0.05, 0) is 22.8 Å². The molecule has 7 nitrogen and oxygen atoms in total. The Hall–Kier alpha value is -3.52. The van der Waals surface area contributed by atoms with Crippen LogP contribution in [0.3, 0.4) is 0 Å². The number of hydrogen-bond donors (Lipinski definition) is 0. The van der Waals surface area contributed by atoms with Crippen LogP contribution in [0.25, 0.3) is 10.8 Å². The van der Waals surface area contributed by atoms with Gasteiger partial charge in [0.25, 0.3) is 5.69 Å². The molecule has 1 amide bonds. The van der Waals surface area contributed by atoms with E-state index >= 15 is 0 Å². The van der Waals surface area contributed by atoms with Crippen LogP contribution in [0.4, 0.5) is 5.69 Å². The second kappa shape index (κ2) is 9.74. The van der Waals surface area contributed by atoms with Gasteiger partial charge in [-0.2, -0.15) is 5.10 Å². The molecule has 0 N–H and O–H groups in total. The van der Waals surface area contributed by atoms with Gasteiger partial charge in [-0.3, -0.25) is 19.8 Å². The summed E-state index contributed by atoms with van der Waals surface area (Å²) in [5.74, 6) is 0.0362. The molecule has 0 unspecified atom stereocenters. The summed E-state index contributed by atoms with van der Waals surface area (Å²) in [6, 6.07) is 20.3. The lowest BCUT2D eigenvalue weighted by molar-refractivity contribution is -0.384. The van der Waals surface area contributed by atoms with Crippen LogP contribution >= 0.6 is 11.8 Å². The van der Waals surface area contributed by atoms with E-state index in [0.29, 0.717) is 17.3 Å². The number of benzene rings is 3. The smallest absolute Gasteiger partial charge is 0.270 e. The first-order valence-corrected chi connectivity index (χ1v) is 11.2. The Kier molecular flexibility index (Phi) is 6.61. The van der Waals surface area contributed by atoms with Crippen molar-refractivity contribution in [1.29, 1.82) is 0 Å². The van der Waals surface area contributed by atoms with E-state index in [9.17, 15) is 14.9 Å². The van der Waals surface area contributed by atoms with Crippen LogP contribution in [-0.4, -0.2) is 32.4 Å². The lowest BCUT2D eigenvalue weighted by Gasteiger charge is -2.17. The predicted molar refractivity (Wildman–Crippen MR) is 129 cm³/mol. The van der Waals surface area contributed by atoms with Crippen molar-refractivity contribution in [3.63, 3.8) is 0 Å². The lowest BCUT2D eigenvalue weighted by Crippen LogP contribution is -2.31. The summed E-state index contributed by atoms with van der Waals surface area (Å²) in [7, 11) is 0. The van der Waals surface area contributed by atoms with Gasteiger partial charge in [0.1, 0.15) is 0 Å². The first-order chi connectivity index (χ1) is 15.6. The molecule has 1 fully saturated rings. The Bertz CT molecular complexity index is 1220. The van der Waals surface area contributed by atoms with E-state index in [-0.39, 0.29) is 16.8 Å². The summed E-state index contributed by atoms with van der Waals surface area (Å²) in [4.78, 5) is 25.3. The van der Waals surface area contributed by atoms with E-state index in [1.807, 2.05) is 24.3 Å². The average molecular weight is 447 g/mol. The Balaban J connectivity index is 1.62. The van der Waals surface area contributed by atoms with Crippen molar-refractivity contribution >= 4 is 45.5 Å². The Morgan fingerprint density at radius 3 is 2.72 bits per heavy atom. The van der Waals surface area contributed by atoms with Crippen LogP contribution in [0, 0.1) is 10.1 Å². The number of carbonyl (C=O) groups excluding carboxylic acids is 1. The Labute approximate surface area is 190 Å². The molecule has 32 heavy (non-hydrogen) atoms. The minimum atomic E-state index is -0.448. The number of nitro groups is 1. The van der Waals surface area contributed by atoms with Crippen molar-refractivity contribution in [2.45, 2.75) is 31.6 Å². The topological polar surface area (TPSA) is 88.2 Å². The summed E-state index contributed by atoms with van der Waals surface area (Å²) < 4.78 is 0. The molecule has 0 saturated carbocycles. The third-order valence-corrected chi connectivity index (χ3v) is 6.45. The highest BCUT2D eigenvalue weighted by molar-refractivity contribution is 8.15. The fourth-order valence-corrected chi connectivity index (χ4v) is 4.85. The van der Waals surface area contributed by atoms with Gasteiger partial charge >= 0.3 is 0 Å². The lowest BCUT2D eigenvalue weighted by atomic mass is 10.0. The number of non-ortho nitro benzene ring substituents is 1. The van der Waals surface area contributed by atoms with Crippen LogP contribution in [0.5, 0.6) is 0 Å². The van der Waals surface area contributed by atoms with E-state index in [0.717, 1.165) is 29.2 Å². The van der Waals surface area contributed by atoms with Crippen LogP contribution in [-0.2, 0) is 11.3 Å². The summed E-state index contributed by atoms with van der Waals surface area (Å²) >= 11 is 1.42. The fraction of sp³-hybridized carbons (Fsp3) is 0.208. The number of nitro benzene ring substituents is 1. The molecule has 162 valence electrons. The maximum Gasteiger partial charge on any atom is 0.270 e. The van der Waals surface area contributed by atoms with Crippen molar-refractivity contribution in [1.82, 2.24) is 4.90 Å². The second-order valence-electron chi connectivity index (χ2n) is 7.44.